The van der Waals surface area contributed by atoms with Gasteiger partial charge in [-0.3, -0.25) is 20.4 Å². The maximum atomic E-state index is 12.3. The Kier molecular flexibility index (Phi) is 6.44. The van der Waals surface area contributed by atoms with Gasteiger partial charge in [-0.1, -0.05) is 31.9 Å². The lowest BCUT2D eigenvalue weighted by atomic mass is 10.1. The van der Waals surface area contributed by atoms with Gasteiger partial charge in [-0.15, -0.1) is 0 Å². The van der Waals surface area contributed by atoms with Crippen LogP contribution in [0.2, 0.25) is 0 Å². The number of rotatable bonds is 4. The fraction of sp³-hybridized carbons (Fsp3) is 0.176. The van der Waals surface area contributed by atoms with E-state index >= 15 is 0 Å². The van der Waals surface area contributed by atoms with Gasteiger partial charge < -0.3 is 9.64 Å². The Morgan fingerprint density at radius 2 is 1.40 bits per heavy atom. The van der Waals surface area contributed by atoms with Crippen LogP contribution in [0.25, 0.3) is 0 Å². The number of hydrazine groups is 1. The molecule has 0 aliphatic carbocycles. The Morgan fingerprint density at radius 1 is 0.880 bits per heavy atom. The second-order valence-electron chi connectivity index (χ2n) is 5.38. The summed E-state index contributed by atoms with van der Waals surface area (Å²) < 4.78 is 6.72. The van der Waals surface area contributed by atoms with Crippen LogP contribution in [0.1, 0.15) is 20.7 Å². The highest BCUT2D eigenvalue weighted by Gasteiger charge is 2.13. The molecule has 132 valence electrons. The molecule has 2 aromatic rings. The average Bonchev–Trinajstić information content (AvgIpc) is 2.57. The van der Waals surface area contributed by atoms with E-state index in [4.69, 9.17) is 4.74 Å². The van der Waals surface area contributed by atoms with Crippen LogP contribution >= 0.6 is 31.9 Å². The van der Waals surface area contributed by atoms with Crippen molar-refractivity contribution in [3.05, 3.63) is 56.5 Å². The number of amides is 2. The molecule has 0 atom stereocenters. The number of ether oxygens (including phenoxy) is 1. The molecule has 0 heterocycles. The van der Waals surface area contributed by atoms with E-state index in [1.807, 2.05) is 31.1 Å². The first-order chi connectivity index (χ1) is 11.8. The first kappa shape index (κ1) is 19.3. The molecule has 0 aliphatic rings. The predicted molar refractivity (Wildman–Crippen MR) is 104 cm³/mol. The van der Waals surface area contributed by atoms with Crippen molar-refractivity contribution in [2.75, 3.05) is 26.1 Å². The smallest absolute Gasteiger partial charge is 0.269 e. The molecule has 0 spiro atoms. The minimum Gasteiger partial charge on any atom is -0.497 e. The van der Waals surface area contributed by atoms with Crippen LogP contribution in [0.5, 0.6) is 5.75 Å². The van der Waals surface area contributed by atoms with Crippen molar-refractivity contribution >= 4 is 49.4 Å². The number of nitrogens with one attached hydrogen (secondary N) is 2. The molecule has 0 saturated carbocycles. The highest BCUT2D eigenvalue weighted by Crippen LogP contribution is 2.23. The van der Waals surface area contributed by atoms with E-state index in [0.717, 1.165) is 14.6 Å². The van der Waals surface area contributed by atoms with Gasteiger partial charge in [0.05, 0.1) is 7.11 Å². The average molecular weight is 471 g/mol. The third kappa shape index (κ3) is 5.20. The van der Waals surface area contributed by atoms with Crippen LogP contribution < -0.4 is 20.5 Å². The second kappa shape index (κ2) is 8.35. The highest BCUT2D eigenvalue weighted by molar-refractivity contribution is 9.11. The van der Waals surface area contributed by atoms with Crippen LogP contribution in [-0.2, 0) is 0 Å². The quantitative estimate of drug-likeness (QED) is 0.672. The Morgan fingerprint density at radius 3 is 1.88 bits per heavy atom. The summed E-state index contributed by atoms with van der Waals surface area (Å²) in [4.78, 5) is 26.4. The van der Waals surface area contributed by atoms with Gasteiger partial charge in [0, 0.05) is 45.9 Å². The third-order valence-electron chi connectivity index (χ3n) is 3.32. The number of benzene rings is 2. The van der Waals surface area contributed by atoms with Crippen molar-refractivity contribution in [2.45, 2.75) is 0 Å². The monoisotopic (exact) mass is 469 g/mol. The number of carbonyl (C=O) groups is 2. The summed E-state index contributed by atoms with van der Waals surface area (Å²) in [5.41, 5.74) is 6.40. The first-order valence-electron chi connectivity index (χ1n) is 7.23. The van der Waals surface area contributed by atoms with Gasteiger partial charge >= 0.3 is 0 Å². The first-order valence-corrected chi connectivity index (χ1v) is 8.82. The molecule has 2 amide bonds. The molecule has 6 nitrogen and oxygen atoms in total. The third-order valence-corrected chi connectivity index (χ3v) is 4.24. The lowest BCUT2D eigenvalue weighted by Gasteiger charge is -2.15. The zero-order valence-electron chi connectivity index (χ0n) is 13.9. The van der Waals surface area contributed by atoms with Gasteiger partial charge in [0.15, 0.2) is 0 Å². The van der Waals surface area contributed by atoms with Crippen LogP contribution in [0.4, 0.5) is 5.69 Å². The van der Waals surface area contributed by atoms with Crippen LogP contribution in [-0.4, -0.2) is 33.0 Å². The highest BCUT2D eigenvalue weighted by atomic mass is 79.9. The molecule has 0 aliphatic heterocycles. The van der Waals surface area contributed by atoms with E-state index in [1.165, 1.54) is 7.11 Å². The molecule has 0 fully saturated rings. The fourth-order valence-electron chi connectivity index (χ4n) is 2.03. The number of hydrogen-bond acceptors (Lipinski definition) is 4. The maximum absolute atomic E-state index is 12.3. The zero-order valence-corrected chi connectivity index (χ0v) is 17.1. The van der Waals surface area contributed by atoms with E-state index in [2.05, 4.69) is 42.7 Å². The molecule has 0 aromatic heterocycles. The zero-order chi connectivity index (χ0) is 18.6. The van der Waals surface area contributed by atoms with E-state index in [9.17, 15) is 9.59 Å². The van der Waals surface area contributed by atoms with Crippen molar-refractivity contribution < 1.29 is 14.3 Å². The van der Waals surface area contributed by atoms with E-state index < -0.39 is 11.8 Å². The number of carbonyl (C=O) groups excluding carboxylic acids is 2. The van der Waals surface area contributed by atoms with Crippen LogP contribution in [0.3, 0.4) is 0 Å². The summed E-state index contributed by atoms with van der Waals surface area (Å²) in [6.07, 6.45) is 0. The molecule has 2 rings (SSSR count). The van der Waals surface area contributed by atoms with Crippen molar-refractivity contribution in [3.8, 4) is 5.75 Å². The molecule has 0 saturated heterocycles. The Hall–Kier alpha value is -2.06. The standard InChI is InChI=1S/C17H17Br2N3O3/c1-22(2)14-6-11(7-15(9-14)25-3)17(24)21-20-16(23)10-4-12(18)8-13(19)5-10/h4-9H,1-3H3,(H,20,23)(H,21,24). The summed E-state index contributed by atoms with van der Waals surface area (Å²) >= 11 is 6.64. The number of hydrogen-bond donors (Lipinski definition) is 2. The topological polar surface area (TPSA) is 70.7 Å². The van der Waals surface area contributed by atoms with Gasteiger partial charge in [-0.25, -0.2) is 0 Å². The minimum absolute atomic E-state index is 0.374. The molecule has 0 radical (unpaired) electrons. The minimum atomic E-state index is -0.440. The fourth-order valence-corrected chi connectivity index (χ4v) is 3.33. The SMILES string of the molecule is COc1cc(C(=O)NNC(=O)c2cc(Br)cc(Br)c2)cc(N(C)C)c1. The molecule has 25 heavy (non-hydrogen) atoms. The summed E-state index contributed by atoms with van der Waals surface area (Å²) in [7, 11) is 5.26. The molecular weight excluding hydrogens is 454 g/mol. The Labute approximate surface area is 162 Å². The lowest BCUT2D eigenvalue weighted by Crippen LogP contribution is -2.41. The van der Waals surface area contributed by atoms with Gasteiger partial charge in [0.1, 0.15) is 5.75 Å². The largest absolute Gasteiger partial charge is 0.497 e. The molecule has 2 N–H and O–H groups in total. The van der Waals surface area contributed by atoms with E-state index in [1.54, 1.807) is 24.3 Å². The van der Waals surface area contributed by atoms with Gasteiger partial charge in [-0.2, -0.15) is 0 Å². The molecule has 8 heteroatoms. The Bertz CT molecular complexity index is 789. The lowest BCUT2D eigenvalue weighted by molar-refractivity contribution is 0.0846. The number of anilines is 1. The molecule has 0 unspecified atom stereocenters. The predicted octanol–water partition coefficient (Wildman–Crippen LogP) is 3.36. The van der Waals surface area contributed by atoms with E-state index in [-0.39, 0.29) is 0 Å². The van der Waals surface area contributed by atoms with Gasteiger partial charge in [-0.05, 0) is 30.3 Å². The van der Waals surface area contributed by atoms with Gasteiger partial charge in [0.25, 0.3) is 11.8 Å². The van der Waals surface area contributed by atoms with Crippen molar-refractivity contribution in [1.29, 1.82) is 0 Å². The van der Waals surface area contributed by atoms with Crippen LogP contribution in [0.15, 0.2) is 45.3 Å². The normalized spacial score (nSPS) is 10.1. The Balaban J connectivity index is 2.12. The van der Waals surface area contributed by atoms with E-state index in [0.29, 0.717) is 16.9 Å². The molecule has 0 bridgehead atoms. The number of methoxy groups -OCH3 is 1. The second-order valence-corrected chi connectivity index (χ2v) is 7.21. The van der Waals surface area contributed by atoms with Gasteiger partial charge in [0.2, 0.25) is 0 Å². The summed E-state index contributed by atoms with van der Waals surface area (Å²) in [5, 5.41) is 0. The molecule has 2 aromatic carbocycles. The number of nitrogens with zero attached hydrogens (tertiary/aromatic N) is 1. The van der Waals surface area contributed by atoms with Crippen molar-refractivity contribution in [1.82, 2.24) is 10.9 Å². The summed E-state index contributed by atoms with van der Waals surface area (Å²) in [5.74, 6) is -0.311. The van der Waals surface area contributed by atoms with Crippen molar-refractivity contribution in [3.63, 3.8) is 0 Å². The van der Waals surface area contributed by atoms with Crippen molar-refractivity contribution in [2.24, 2.45) is 0 Å². The van der Waals surface area contributed by atoms with Crippen LogP contribution in [0, 0.1) is 0 Å². The molecular formula is C17H17Br2N3O3. The summed E-state index contributed by atoms with van der Waals surface area (Å²) in [6.45, 7) is 0. The maximum Gasteiger partial charge on any atom is 0.269 e. The number of halogens is 2. The summed E-state index contributed by atoms with van der Waals surface area (Å²) in [6, 6.07) is 10.2.